The standard InChI is InChI=1S/C19H27N3O2/c23-18(21-12-5-7-14-6-1-4-11-20-14)22-16-15-8-13-24-17(15)19(16)9-2-3-10-19/h1,4,6,11,15-17H,2-3,5,7-10,12-13H2,(H2,21,22,23)/t15-,16-,17-/m1/s1. The number of nitrogens with one attached hydrogen (secondary N) is 2. The van der Waals surface area contributed by atoms with Gasteiger partial charge in [0.25, 0.3) is 0 Å². The van der Waals surface area contributed by atoms with E-state index < -0.39 is 0 Å². The van der Waals surface area contributed by atoms with Crippen LogP contribution in [0.4, 0.5) is 4.79 Å². The highest BCUT2D eigenvalue weighted by molar-refractivity contribution is 5.74. The van der Waals surface area contributed by atoms with E-state index in [9.17, 15) is 4.79 Å². The van der Waals surface area contributed by atoms with Gasteiger partial charge in [0.15, 0.2) is 0 Å². The lowest BCUT2D eigenvalue weighted by atomic mass is 9.54. The van der Waals surface area contributed by atoms with Gasteiger partial charge in [-0.25, -0.2) is 4.79 Å². The van der Waals surface area contributed by atoms with Gasteiger partial charge >= 0.3 is 6.03 Å². The summed E-state index contributed by atoms with van der Waals surface area (Å²) in [6, 6.07) is 6.24. The Balaban J connectivity index is 1.24. The highest BCUT2D eigenvalue weighted by atomic mass is 16.5. The second-order valence-corrected chi connectivity index (χ2v) is 7.49. The smallest absolute Gasteiger partial charge is 0.315 e. The fourth-order valence-electron chi connectivity index (χ4n) is 5.11. The molecule has 0 bridgehead atoms. The van der Waals surface area contributed by atoms with Crippen molar-refractivity contribution in [1.82, 2.24) is 15.6 Å². The molecule has 1 aromatic rings. The number of carbonyl (C=O) groups is 1. The fourth-order valence-corrected chi connectivity index (χ4v) is 5.11. The zero-order chi connectivity index (χ0) is 16.4. The van der Waals surface area contributed by atoms with E-state index in [-0.39, 0.29) is 11.4 Å². The molecule has 0 aromatic carbocycles. The van der Waals surface area contributed by atoms with Gasteiger partial charge in [-0.05, 0) is 44.2 Å². The number of nitrogens with zero attached hydrogens (tertiary/aromatic N) is 1. The Morgan fingerprint density at radius 3 is 3.00 bits per heavy atom. The average molecular weight is 329 g/mol. The third kappa shape index (κ3) is 2.79. The van der Waals surface area contributed by atoms with E-state index in [1.165, 1.54) is 25.7 Å². The van der Waals surface area contributed by atoms with Crippen molar-refractivity contribution in [3.8, 4) is 0 Å². The summed E-state index contributed by atoms with van der Waals surface area (Å²) in [5.41, 5.74) is 1.31. The van der Waals surface area contributed by atoms with Gasteiger partial charge in [-0.2, -0.15) is 0 Å². The largest absolute Gasteiger partial charge is 0.377 e. The van der Waals surface area contributed by atoms with Crippen molar-refractivity contribution in [3.63, 3.8) is 0 Å². The lowest BCUT2D eigenvalue weighted by Gasteiger charge is -2.56. The Morgan fingerprint density at radius 2 is 2.21 bits per heavy atom. The molecule has 2 heterocycles. The number of urea groups is 1. The predicted octanol–water partition coefficient (Wildman–Crippen LogP) is 2.66. The van der Waals surface area contributed by atoms with Crippen molar-refractivity contribution in [3.05, 3.63) is 30.1 Å². The maximum atomic E-state index is 12.3. The van der Waals surface area contributed by atoms with Gasteiger partial charge in [0.2, 0.25) is 0 Å². The minimum atomic E-state index is -0.0161. The van der Waals surface area contributed by atoms with Crippen LogP contribution in [-0.2, 0) is 11.2 Å². The molecule has 0 unspecified atom stereocenters. The van der Waals surface area contributed by atoms with Crippen LogP contribution in [0.3, 0.4) is 0 Å². The number of ether oxygens (including phenoxy) is 1. The van der Waals surface area contributed by atoms with Crippen molar-refractivity contribution in [2.75, 3.05) is 13.2 Å². The number of rotatable bonds is 5. The molecule has 2 amide bonds. The van der Waals surface area contributed by atoms with Gasteiger partial charge in [0.05, 0.1) is 6.10 Å². The first-order valence-corrected chi connectivity index (χ1v) is 9.35. The molecule has 24 heavy (non-hydrogen) atoms. The normalized spacial score (nSPS) is 29.9. The van der Waals surface area contributed by atoms with Crippen LogP contribution in [0, 0.1) is 11.3 Å². The molecule has 130 valence electrons. The zero-order valence-corrected chi connectivity index (χ0v) is 14.2. The number of hydrogen-bond donors (Lipinski definition) is 2. The molecule has 5 nitrogen and oxygen atoms in total. The van der Waals surface area contributed by atoms with E-state index in [4.69, 9.17) is 4.74 Å². The van der Waals surface area contributed by atoms with E-state index in [1.54, 1.807) is 0 Å². The first-order valence-electron chi connectivity index (χ1n) is 9.35. The number of carbonyl (C=O) groups excluding carboxylic acids is 1. The number of aryl methyl sites for hydroxylation is 1. The van der Waals surface area contributed by atoms with Crippen molar-refractivity contribution in [1.29, 1.82) is 0 Å². The molecular weight excluding hydrogens is 302 g/mol. The lowest BCUT2D eigenvalue weighted by molar-refractivity contribution is -0.126. The molecule has 1 aliphatic heterocycles. The maximum Gasteiger partial charge on any atom is 0.315 e. The summed E-state index contributed by atoms with van der Waals surface area (Å²) < 4.78 is 5.97. The van der Waals surface area contributed by atoms with Crippen LogP contribution >= 0.6 is 0 Å². The number of hydrogen-bond acceptors (Lipinski definition) is 3. The van der Waals surface area contributed by atoms with E-state index in [1.807, 2.05) is 24.4 Å². The second kappa shape index (κ2) is 6.71. The first kappa shape index (κ1) is 15.9. The first-order chi connectivity index (χ1) is 11.8. The van der Waals surface area contributed by atoms with Crippen molar-refractivity contribution in [2.45, 2.75) is 57.1 Å². The summed E-state index contributed by atoms with van der Waals surface area (Å²) in [5, 5.41) is 6.29. The number of aromatic nitrogens is 1. The van der Waals surface area contributed by atoms with Crippen LogP contribution in [0.1, 0.15) is 44.2 Å². The molecule has 3 aliphatic rings. The SMILES string of the molecule is O=C(NCCCc1ccccn1)N[C@@H]1[C@H]2CCO[C@H]2C12CCCC2. The highest BCUT2D eigenvalue weighted by Crippen LogP contribution is 2.60. The van der Waals surface area contributed by atoms with Crippen molar-refractivity contribution < 1.29 is 9.53 Å². The van der Waals surface area contributed by atoms with Gasteiger partial charge in [-0.1, -0.05) is 18.9 Å². The third-order valence-electron chi connectivity index (χ3n) is 6.19. The Morgan fingerprint density at radius 1 is 1.33 bits per heavy atom. The van der Waals surface area contributed by atoms with E-state index in [0.29, 0.717) is 24.6 Å². The molecule has 2 saturated carbocycles. The number of fused-ring (bicyclic) bond motifs is 2. The summed E-state index contributed by atoms with van der Waals surface area (Å²) >= 11 is 0. The van der Waals surface area contributed by atoms with E-state index in [0.717, 1.165) is 31.6 Å². The molecule has 5 heteroatoms. The maximum absolute atomic E-state index is 12.3. The molecular formula is C19H27N3O2. The molecule has 2 N–H and O–H groups in total. The quantitative estimate of drug-likeness (QED) is 0.816. The fraction of sp³-hybridized carbons (Fsp3) is 0.684. The van der Waals surface area contributed by atoms with Gasteiger partial charge in [-0.15, -0.1) is 0 Å². The van der Waals surface area contributed by atoms with E-state index >= 15 is 0 Å². The van der Waals surface area contributed by atoms with Crippen LogP contribution in [0.5, 0.6) is 0 Å². The molecule has 1 aromatic heterocycles. The molecule has 1 spiro atoms. The topological polar surface area (TPSA) is 63.2 Å². The molecule has 4 rings (SSSR count). The molecule has 2 aliphatic carbocycles. The molecule has 0 radical (unpaired) electrons. The Kier molecular flexibility index (Phi) is 4.44. The van der Waals surface area contributed by atoms with Crippen molar-refractivity contribution >= 4 is 6.03 Å². The van der Waals surface area contributed by atoms with Crippen LogP contribution in [-0.4, -0.2) is 36.3 Å². The predicted molar refractivity (Wildman–Crippen MR) is 91.6 cm³/mol. The summed E-state index contributed by atoms with van der Waals surface area (Å²) in [6.45, 7) is 1.55. The van der Waals surface area contributed by atoms with Gasteiger partial charge < -0.3 is 15.4 Å². The van der Waals surface area contributed by atoms with E-state index in [2.05, 4.69) is 15.6 Å². The summed E-state index contributed by atoms with van der Waals surface area (Å²) in [7, 11) is 0. The van der Waals surface area contributed by atoms with Crippen LogP contribution in [0.25, 0.3) is 0 Å². The summed E-state index contributed by atoms with van der Waals surface area (Å²) in [6.07, 6.45) is 10.1. The summed E-state index contributed by atoms with van der Waals surface area (Å²) in [5.74, 6) is 0.530. The summed E-state index contributed by atoms with van der Waals surface area (Å²) in [4.78, 5) is 16.6. The number of pyridine rings is 1. The minimum Gasteiger partial charge on any atom is -0.377 e. The second-order valence-electron chi connectivity index (χ2n) is 7.49. The highest BCUT2D eigenvalue weighted by Gasteiger charge is 2.65. The number of amides is 2. The Bertz CT molecular complexity index is 571. The van der Waals surface area contributed by atoms with Crippen molar-refractivity contribution in [2.24, 2.45) is 11.3 Å². The van der Waals surface area contributed by atoms with Crippen LogP contribution in [0.2, 0.25) is 0 Å². The zero-order valence-electron chi connectivity index (χ0n) is 14.2. The lowest BCUT2D eigenvalue weighted by Crippen LogP contribution is -2.69. The Labute approximate surface area is 143 Å². The van der Waals surface area contributed by atoms with Crippen LogP contribution < -0.4 is 10.6 Å². The molecule has 3 fully saturated rings. The van der Waals surface area contributed by atoms with Gasteiger partial charge in [0.1, 0.15) is 0 Å². The molecule has 3 atom stereocenters. The third-order valence-corrected chi connectivity index (χ3v) is 6.19. The van der Waals surface area contributed by atoms with Gasteiger partial charge in [-0.3, -0.25) is 4.98 Å². The average Bonchev–Trinajstić information content (AvgIpc) is 3.26. The monoisotopic (exact) mass is 329 g/mol. The van der Waals surface area contributed by atoms with Gasteiger partial charge in [0, 0.05) is 42.4 Å². The minimum absolute atomic E-state index is 0.0161. The van der Waals surface area contributed by atoms with Crippen LogP contribution in [0.15, 0.2) is 24.4 Å². The Hall–Kier alpha value is -1.62. The molecule has 1 saturated heterocycles.